The Bertz CT molecular complexity index is 527. The summed E-state index contributed by atoms with van der Waals surface area (Å²) in [7, 11) is 0. The number of nitrogens with zero attached hydrogens (tertiary/aromatic N) is 2. The number of hydrogen-bond acceptors (Lipinski definition) is 3. The zero-order valence-corrected chi connectivity index (χ0v) is 11.5. The average Bonchev–Trinajstić information content (AvgIpc) is 2.46. The molecule has 0 aliphatic carbocycles. The molecule has 1 aromatic rings. The first kappa shape index (κ1) is 14.2. The van der Waals surface area contributed by atoms with Crippen LogP contribution in [0.1, 0.15) is 31.7 Å². The first-order chi connectivity index (χ1) is 9.54. The summed E-state index contributed by atoms with van der Waals surface area (Å²) in [4.78, 5) is 29.1. The number of piperidine rings is 1. The summed E-state index contributed by atoms with van der Waals surface area (Å²) in [5.74, 6) is -1.21. The van der Waals surface area contributed by atoms with E-state index in [1.807, 2.05) is 6.07 Å². The second kappa shape index (κ2) is 5.86. The summed E-state index contributed by atoms with van der Waals surface area (Å²) in [5.41, 5.74) is -0.288. The molecule has 5 nitrogen and oxygen atoms in total. The molecule has 1 amide bonds. The van der Waals surface area contributed by atoms with Gasteiger partial charge in [-0.15, -0.1) is 0 Å². The van der Waals surface area contributed by atoms with Crippen LogP contribution in [-0.2, 0) is 9.59 Å². The quantitative estimate of drug-likeness (QED) is 0.855. The number of carboxylic acids is 1. The maximum absolute atomic E-state index is 12.2. The molecule has 2 rings (SSSR count). The minimum absolute atomic E-state index is 0.265. The van der Waals surface area contributed by atoms with Crippen LogP contribution in [0.25, 0.3) is 6.08 Å². The van der Waals surface area contributed by atoms with E-state index in [-0.39, 0.29) is 5.91 Å². The van der Waals surface area contributed by atoms with Crippen LogP contribution < -0.4 is 0 Å². The molecule has 1 aliphatic heterocycles. The Morgan fingerprint density at radius 2 is 2.25 bits per heavy atom. The average molecular weight is 274 g/mol. The molecule has 1 N–H and O–H groups in total. The Kier molecular flexibility index (Phi) is 4.17. The second-order valence-electron chi connectivity index (χ2n) is 5.15. The molecular formula is C15H18N2O3. The van der Waals surface area contributed by atoms with E-state index >= 15 is 0 Å². The highest BCUT2D eigenvalue weighted by Gasteiger charge is 2.43. The number of carbonyl (C=O) groups is 2. The van der Waals surface area contributed by atoms with E-state index in [1.165, 1.54) is 11.0 Å². The molecule has 106 valence electrons. The van der Waals surface area contributed by atoms with Crippen molar-refractivity contribution in [3.63, 3.8) is 0 Å². The standard InChI is InChI=1S/C15H18N2O3/c1-15(14(19)20)8-2-3-10-17(15)13(18)7-6-12-5-4-9-16-11-12/h4-7,9,11H,2-3,8,10H2,1H3,(H,19,20)/b7-6+. The summed E-state index contributed by atoms with van der Waals surface area (Å²) < 4.78 is 0. The van der Waals surface area contributed by atoms with Gasteiger partial charge in [0.05, 0.1) is 0 Å². The van der Waals surface area contributed by atoms with Gasteiger partial charge >= 0.3 is 5.97 Å². The topological polar surface area (TPSA) is 70.5 Å². The van der Waals surface area contributed by atoms with Gasteiger partial charge in [0, 0.05) is 25.0 Å². The number of aromatic nitrogens is 1. The highest BCUT2D eigenvalue weighted by Crippen LogP contribution is 2.28. The monoisotopic (exact) mass is 274 g/mol. The summed E-state index contributed by atoms with van der Waals surface area (Å²) >= 11 is 0. The minimum Gasteiger partial charge on any atom is -0.480 e. The molecular weight excluding hydrogens is 256 g/mol. The largest absolute Gasteiger partial charge is 0.480 e. The first-order valence-electron chi connectivity index (χ1n) is 6.67. The second-order valence-corrected chi connectivity index (χ2v) is 5.15. The zero-order chi connectivity index (χ0) is 14.6. The molecule has 1 aliphatic rings. The number of carbonyl (C=O) groups excluding carboxylic acids is 1. The third kappa shape index (κ3) is 2.87. The normalized spacial score (nSPS) is 22.9. The molecule has 0 saturated carbocycles. The van der Waals surface area contributed by atoms with Crippen LogP contribution in [-0.4, -0.2) is 39.0 Å². The molecule has 0 aromatic carbocycles. The van der Waals surface area contributed by atoms with Gasteiger partial charge in [0.25, 0.3) is 0 Å². The van der Waals surface area contributed by atoms with Crippen LogP contribution in [0, 0.1) is 0 Å². The first-order valence-corrected chi connectivity index (χ1v) is 6.67. The van der Waals surface area contributed by atoms with E-state index in [0.717, 1.165) is 18.4 Å². The van der Waals surface area contributed by atoms with E-state index in [4.69, 9.17) is 0 Å². The lowest BCUT2D eigenvalue weighted by atomic mass is 9.88. The van der Waals surface area contributed by atoms with E-state index in [9.17, 15) is 14.7 Å². The third-order valence-electron chi connectivity index (χ3n) is 3.72. The van der Waals surface area contributed by atoms with Crippen molar-refractivity contribution in [2.45, 2.75) is 31.7 Å². The molecule has 1 atom stereocenters. The molecule has 1 unspecified atom stereocenters. The molecule has 0 bridgehead atoms. The van der Waals surface area contributed by atoms with Crippen molar-refractivity contribution < 1.29 is 14.7 Å². The fourth-order valence-electron chi connectivity index (χ4n) is 2.43. The lowest BCUT2D eigenvalue weighted by molar-refractivity contribution is -0.158. The SMILES string of the molecule is CC1(C(=O)O)CCCCN1C(=O)/C=C/c1cccnc1. The molecule has 1 fully saturated rings. The molecule has 20 heavy (non-hydrogen) atoms. The van der Waals surface area contributed by atoms with Crippen LogP contribution >= 0.6 is 0 Å². The number of amides is 1. The van der Waals surface area contributed by atoms with Crippen molar-refractivity contribution in [2.75, 3.05) is 6.54 Å². The van der Waals surface area contributed by atoms with E-state index in [0.29, 0.717) is 13.0 Å². The van der Waals surface area contributed by atoms with E-state index in [2.05, 4.69) is 4.98 Å². The van der Waals surface area contributed by atoms with Crippen LogP contribution in [0.15, 0.2) is 30.6 Å². The molecule has 0 spiro atoms. The van der Waals surface area contributed by atoms with Crippen molar-refractivity contribution in [3.8, 4) is 0 Å². The Morgan fingerprint density at radius 1 is 1.45 bits per heavy atom. The Labute approximate surface area is 117 Å². The van der Waals surface area contributed by atoms with Crippen LogP contribution in [0.3, 0.4) is 0 Å². The number of hydrogen-bond donors (Lipinski definition) is 1. The Hall–Kier alpha value is -2.17. The summed E-state index contributed by atoms with van der Waals surface area (Å²) in [6.07, 6.45) is 8.56. The van der Waals surface area contributed by atoms with E-state index in [1.54, 1.807) is 31.5 Å². The molecule has 5 heteroatoms. The summed E-state index contributed by atoms with van der Waals surface area (Å²) in [5, 5.41) is 9.37. The summed E-state index contributed by atoms with van der Waals surface area (Å²) in [6, 6.07) is 3.62. The van der Waals surface area contributed by atoms with Crippen LogP contribution in [0.2, 0.25) is 0 Å². The van der Waals surface area contributed by atoms with E-state index < -0.39 is 11.5 Å². The molecule has 1 saturated heterocycles. The van der Waals surface area contributed by atoms with Gasteiger partial charge in [-0.2, -0.15) is 0 Å². The predicted molar refractivity (Wildman–Crippen MR) is 74.9 cm³/mol. The Balaban J connectivity index is 2.15. The maximum atomic E-state index is 12.2. The fourth-order valence-corrected chi connectivity index (χ4v) is 2.43. The molecule has 1 aromatic heterocycles. The van der Waals surface area contributed by atoms with Crippen molar-refractivity contribution in [1.29, 1.82) is 0 Å². The molecule has 0 radical (unpaired) electrons. The number of likely N-dealkylation sites (tertiary alicyclic amines) is 1. The van der Waals surface area contributed by atoms with Crippen molar-refractivity contribution in [1.82, 2.24) is 9.88 Å². The number of aliphatic carboxylic acids is 1. The highest BCUT2D eigenvalue weighted by molar-refractivity contribution is 5.95. The minimum atomic E-state index is -1.10. The number of carboxylic acid groups (broad SMARTS) is 1. The lowest BCUT2D eigenvalue weighted by Gasteiger charge is -2.41. The van der Waals surface area contributed by atoms with Crippen LogP contribution in [0.5, 0.6) is 0 Å². The lowest BCUT2D eigenvalue weighted by Crippen LogP contribution is -2.57. The molecule has 2 heterocycles. The third-order valence-corrected chi connectivity index (χ3v) is 3.72. The highest BCUT2D eigenvalue weighted by atomic mass is 16.4. The fraction of sp³-hybridized carbons (Fsp3) is 0.400. The van der Waals surface area contributed by atoms with Gasteiger partial charge in [-0.1, -0.05) is 6.07 Å². The smallest absolute Gasteiger partial charge is 0.329 e. The van der Waals surface area contributed by atoms with Gasteiger partial charge in [0.2, 0.25) is 5.91 Å². The van der Waals surface area contributed by atoms with Gasteiger partial charge in [-0.05, 0) is 43.9 Å². The van der Waals surface area contributed by atoms with Gasteiger partial charge in [0.1, 0.15) is 5.54 Å². The number of rotatable bonds is 3. The van der Waals surface area contributed by atoms with Crippen molar-refractivity contribution in [2.24, 2.45) is 0 Å². The van der Waals surface area contributed by atoms with Gasteiger partial charge in [-0.25, -0.2) is 4.79 Å². The van der Waals surface area contributed by atoms with Crippen molar-refractivity contribution in [3.05, 3.63) is 36.2 Å². The van der Waals surface area contributed by atoms with Gasteiger partial charge < -0.3 is 10.0 Å². The van der Waals surface area contributed by atoms with Crippen LogP contribution in [0.4, 0.5) is 0 Å². The van der Waals surface area contributed by atoms with Gasteiger partial charge in [0.15, 0.2) is 0 Å². The van der Waals surface area contributed by atoms with Gasteiger partial charge in [-0.3, -0.25) is 9.78 Å². The van der Waals surface area contributed by atoms with Crippen molar-refractivity contribution >= 4 is 18.0 Å². The maximum Gasteiger partial charge on any atom is 0.329 e. The Morgan fingerprint density at radius 3 is 2.90 bits per heavy atom. The number of pyridine rings is 1. The zero-order valence-electron chi connectivity index (χ0n) is 11.5. The summed E-state index contributed by atoms with van der Waals surface area (Å²) in [6.45, 7) is 2.10. The predicted octanol–water partition coefficient (Wildman–Crippen LogP) is 1.95.